The maximum Gasteiger partial charge on any atom is 0.160 e. The van der Waals surface area contributed by atoms with Gasteiger partial charge in [0.15, 0.2) is 11.6 Å². The molecule has 1 aromatic rings. The molecule has 2 N–H and O–H groups in total. The van der Waals surface area contributed by atoms with E-state index in [2.05, 4.69) is 10.6 Å². The Morgan fingerprint density at radius 2 is 2.25 bits per heavy atom. The van der Waals surface area contributed by atoms with E-state index in [0.717, 1.165) is 25.3 Å². The van der Waals surface area contributed by atoms with Gasteiger partial charge >= 0.3 is 0 Å². The van der Waals surface area contributed by atoms with Crippen molar-refractivity contribution < 1.29 is 13.5 Å². The Balaban J connectivity index is 1.86. The van der Waals surface area contributed by atoms with Crippen LogP contribution in [0.5, 0.6) is 0 Å². The van der Waals surface area contributed by atoms with E-state index >= 15 is 0 Å². The molecule has 1 atom stereocenters. The van der Waals surface area contributed by atoms with Crippen LogP contribution in [0.1, 0.15) is 0 Å². The van der Waals surface area contributed by atoms with Gasteiger partial charge in [-0.1, -0.05) is 0 Å². The van der Waals surface area contributed by atoms with E-state index < -0.39 is 11.6 Å². The number of nitrogens with one attached hydrogen (secondary N) is 2. The summed E-state index contributed by atoms with van der Waals surface area (Å²) in [6, 6.07) is 3.99. The Morgan fingerprint density at radius 1 is 1.38 bits per heavy atom. The topological polar surface area (TPSA) is 33.3 Å². The molecule has 1 fully saturated rings. The van der Waals surface area contributed by atoms with Crippen LogP contribution in [0.2, 0.25) is 0 Å². The first-order valence-electron chi connectivity index (χ1n) is 5.26. The summed E-state index contributed by atoms with van der Waals surface area (Å²) in [5.74, 6) is -1.66. The van der Waals surface area contributed by atoms with Crippen molar-refractivity contribution in [1.82, 2.24) is 5.32 Å². The van der Waals surface area contributed by atoms with Crippen LogP contribution in [-0.2, 0) is 4.74 Å². The Bertz CT molecular complexity index is 354. The minimum absolute atomic E-state index is 0.210. The molecule has 1 aromatic carbocycles. The van der Waals surface area contributed by atoms with Crippen molar-refractivity contribution in [2.75, 3.05) is 31.6 Å². The van der Waals surface area contributed by atoms with Crippen LogP contribution in [0.15, 0.2) is 18.2 Å². The van der Waals surface area contributed by atoms with E-state index in [0.29, 0.717) is 18.8 Å². The molecule has 0 spiro atoms. The molecule has 0 saturated carbocycles. The molecular formula is C11H14F2N2O. The summed E-state index contributed by atoms with van der Waals surface area (Å²) in [6.07, 6.45) is 0. The molecule has 0 amide bonds. The van der Waals surface area contributed by atoms with Crippen molar-refractivity contribution >= 4 is 5.69 Å². The number of hydrogen-bond acceptors (Lipinski definition) is 3. The Labute approximate surface area is 92.8 Å². The maximum absolute atomic E-state index is 12.9. The summed E-state index contributed by atoms with van der Waals surface area (Å²) < 4.78 is 30.8. The molecule has 16 heavy (non-hydrogen) atoms. The smallest absolute Gasteiger partial charge is 0.160 e. The van der Waals surface area contributed by atoms with E-state index in [1.807, 2.05) is 0 Å². The second-order valence-electron chi connectivity index (χ2n) is 3.74. The molecule has 88 valence electrons. The fraction of sp³-hybridized carbons (Fsp3) is 0.455. The highest BCUT2D eigenvalue weighted by atomic mass is 19.2. The van der Waals surface area contributed by atoms with Crippen molar-refractivity contribution in [2.24, 2.45) is 0 Å². The van der Waals surface area contributed by atoms with Gasteiger partial charge in [0.25, 0.3) is 0 Å². The summed E-state index contributed by atoms with van der Waals surface area (Å²) >= 11 is 0. The largest absolute Gasteiger partial charge is 0.383 e. The molecule has 0 aliphatic carbocycles. The maximum atomic E-state index is 12.9. The minimum Gasteiger partial charge on any atom is -0.383 e. The molecule has 1 saturated heterocycles. The number of ether oxygens (including phenoxy) is 1. The summed E-state index contributed by atoms with van der Waals surface area (Å²) in [6.45, 7) is 2.81. The lowest BCUT2D eigenvalue weighted by molar-refractivity contribution is 0.0806. The van der Waals surface area contributed by atoms with Crippen LogP contribution < -0.4 is 10.6 Å². The third-order valence-electron chi connectivity index (χ3n) is 2.47. The highest BCUT2D eigenvalue weighted by Crippen LogP contribution is 2.13. The first-order valence-corrected chi connectivity index (χ1v) is 5.26. The van der Waals surface area contributed by atoms with E-state index in [1.165, 1.54) is 6.07 Å². The van der Waals surface area contributed by atoms with Crippen molar-refractivity contribution in [3.8, 4) is 0 Å². The van der Waals surface area contributed by atoms with Gasteiger partial charge in [0, 0.05) is 24.8 Å². The Morgan fingerprint density at radius 3 is 2.94 bits per heavy atom. The fourth-order valence-corrected chi connectivity index (χ4v) is 1.60. The zero-order chi connectivity index (χ0) is 11.4. The van der Waals surface area contributed by atoms with Gasteiger partial charge in [0.05, 0.1) is 13.2 Å². The second kappa shape index (κ2) is 5.23. The minimum atomic E-state index is -0.835. The summed E-state index contributed by atoms with van der Waals surface area (Å²) in [4.78, 5) is 0. The molecule has 0 radical (unpaired) electrons. The monoisotopic (exact) mass is 228 g/mol. The Hall–Kier alpha value is -1.20. The van der Waals surface area contributed by atoms with Crippen LogP contribution in [0.25, 0.3) is 0 Å². The van der Waals surface area contributed by atoms with Gasteiger partial charge < -0.3 is 15.4 Å². The third-order valence-corrected chi connectivity index (χ3v) is 2.47. The quantitative estimate of drug-likeness (QED) is 0.819. The lowest BCUT2D eigenvalue weighted by atomic mass is 10.2. The molecule has 1 aliphatic heterocycles. The van der Waals surface area contributed by atoms with Gasteiger partial charge in [0.1, 0.15) is 0 Å². The molecule has 1 unspecified atom stereocenters. The van der Waals surface area contributed by atoms with Crippen molar-refractivity contribution in [1.29, 1.82) is 0 Å². The van der Waals surface area contributed by atoms with Crippen molar-refractivity contribution in [2.45, 2.75) is 6.04 Å². The van der Waals surface area contributed by atoms with Gasteiger partial charge in [-0.3, -0.25) is 0 Å². The molecule has 1 heterocycles. The summed E-state index contributed by atoms with van der Waals surface area (Å²) in [7, 11) is 0. The normalized spacial score (nSPS) is 20.8. The third kappa shape index (κ3) is 2.90. The average Bonchev–Trinajstić information content (AvgIpc) is 2.32. The van der Waals surface area contributed by atoms with E-state index in [9.17, 15) is 8.78 Å². The first kappa shape index (κ1) is 11.3. The number of anilines is 1. The van der Waals surface area contributed by atoms with Gasteiger partial charge in [-0.05, 0) is 18.2 Å². The van der Waals surface area contributed by atoms with Crippen LogP contribution in [0, 0.1) is 11.6 Å². The molecule has 3 nitrogen and oxygen atoms in total. The standard InChI is InChI=1S/C11H14F2N2O/c12-10-2-1-8(5-11(10)13)15-6-9-7-16-4-3-14-9/h1-2,5,9,14-15H,3-4,6-7H2. The molecule has 1 aliphatic rings. The molecule has 5 heteroatoms. The highest BCUT2D eigenvalue weighted by Gasteiger charge is 2.12. The number of halogens is 2. The lowest BCUT2D eigenvalue weighted by Gasteiger charge is -2.24. The Kier molecular flexibility index (Phi) is 3.69. The number of hydrogen-bond donors (Lipinski definition) is 2. The van der Waals surface area contributed by atoms with E-state index in [-0.39, 0.29) is 6.04 Å². The summed E-state index contributed by atoms with van der Waals surface area (Å²) in [5, 5.41) is 6.29. The first-order chi connectivity index (χ1) is 7.75. The van der Waals surface area contributed by atoms with Crippen LogP contribution in [0.4, 0.5) is 14.5 Å². The lowest BCUT2D eigenvalue weighted by Crippen LogP contribution is -2.45. The molecule has 0 aromatic heterocycles. The fourth-order valence-electron chi connectivity index (χ4n) is 1.60. The zero-order valence-corrected chi connectivity index (χ0v) is 8.80. The molecule has 0 bridgehead atoms. The summed E-state index contributed by atoms with van der Waals surface area (Å²) in [5.41, 5.74) is 0.575. The SMILES string of the molecule is Fc1ccc(NCC2COCCN2)cc1F. The zero-order valence-electron chi connectivity index (χ0n) is 8.80. The van der Waals surface area contributed by atoms with Crippen molar-refractivity contribution in [3.63, 3.8) is 0 Å². The number of rotatable bonds is 3. The predicted molar refractivity (Wildman–Crippen MR) is 57.5 cm³/mol. The molecular weight excluding hydrogens is 214 g/mol. The highest BCUT2D eigenvalue weighted by molar-refractivity contribution is 5.43. The van der Waals surface area contributed by atoms with Crippen LogP contribution in [-0.4, -0.2) is 32.3 Å². The van der Waals surface area contributed by atoms with Gasteiger partial charge in [-0.2, -0.15) is 0 Å². The second-order valence-corrected chi connectivity index (χ2v) is 3.74. The number of benzene rings is 1. The van der Waals surface area contributed by atoms with Crippen LogP contribution >= 0.6 is 0 Å². The van der Waals surface area contributed by atoms with E-state index in [1.54, 1.807) is 0 Å². The van der Waals surface area contributed by atoms with Gasteiger partial charge in [-0.25, -0.2) is 8.78 Å². The van der Waals surface area contributed by atoms with Gasteiger partial charge in [0.2, 0.25) is 0 Å². The average molecular weight is 228 g/mol. The van der Waals surface area contributed by atoms with Gasteiger partial charge in [-0.15, -0.1) is 0 Å². The van der Waals surface area contributed by atoms with Crippen molar-refractivity contribution in [3.05, 3.63) is 29.8 Å². The van der Waals surface area contributed by atoms with Crippen LogP contribution in [0.3, 0.4) is 0 Å². The van der Waals surface area contributed by atoms with E-state index in [4.69, 9.17) is 4.74 Å². The molecule has 2 rings (SSSR count). The predicted octanol–water partition coefficient (Wildman–Crippen LogP) is 1.37. The number of morpholine rings is 1.